The number of alkyl halides is 3. The summed E-state index contributed by atoms with van der Waals surface area (Å²) in [5.74, 6) is -1.21. The van der Waals surface area contributed by atoms with E-state index in [-0.39, 0.29) is 40.4 Å². The van der Waals surface area contributed by atoms with Gasteiger partial charge in [0.15, 0.2) is 0 Å². The minimum absolute atomic E-state index is 0.00551. The molecule has 9 heteroatoms. The van der Waals surface area contributed by atoms with Crippen molar-refractivity contribution in [1.82, 2.24) is 0 Å². The lowest BCUT2D eigenvalue weighted by Crippen LogP contribution is -2.07. The van der Waals surface area contributed by atoms with Crippen molar-refractivity contribution < 1.29 is 27.8 Å². The molecule has 1 rings (SSSR count). The van der Waals surface area contributed by atoms with Crippen molar-refractivity contribution in [2.45, 2.75) is 24.3 Å². The number of nitrogens with zero attached hydrogens (tertiary/aromatic N) is 2. The first-order valence-corrected chi connectivity index (χ1v) is 6.89. The van der Waals surface area contributed by atoms with Crippen molar-refractivity contribution in [3.05, 3.63) is 35.7 Å². The van der Waals surface area contributed by atoms with Gasteiger partial charge in [-0.25, -0.2) is 4.79 Å². The summed E-state index contributed by atoms with van der Waals surface area (Å²) in [6.45, 7) is 2.94. The van der Waals surface area contributed by atoms with Gasteiger partial charge in [0.1, 0.15) is 5.76 Å². The predicted octanol–water partition coefficient (Wildman–Crippen LogP) is 4.73. The monoisotopic (exact) mass is 334 g/mol. The number of hydrogen-bond donors (Lipinski definition) is 1. The minimum Gasteiger partial charge on any atom is -0.510 e. The van der Waals surface area contributed by atoms with Gasteiger partial charge >= 0.3 is 11.5 Å². The summed E-state index contributed by atoms with van der Waals surface area (Å²) in [6, 6.07) is 5.08. The van der Waals surface area contributed by atoms with Gasteiger partial charge in [0, 0.05) is 4.90 Å². The molecule has 0 radical (unpaired) electrons. The van der Waals surface area contributed by atoms with E-state index in [2.05, 4.69) is 15.0 Å². The second-order valence-electron chi connectivity index (χ2n) is 3.90. The maximum absolute atomic E-state index is 12.2. The fourth-order valence-electron chi connectivity index (χ4n) is 1.28. The average Bonchev–Trinajstić information content (AvgIpc) is 2.39. The highest BCUT2D eigenvalue weighted by atomic mass is 32.2. The van der Waals surface area contributed by atoms with Gasteiger partial charge in [0.2, 0.25) is 5.70 Å². The van der Waals surface area contributed by atoms with Crippen LogP contribution < -0.4 is 0 Å². The Hall–Kier alpha value is -2.03. The number of benzene rings is 1. The van der Waals surface area contributed by atoms with Gasteiger partial charge in [-0.05, 0) is 49.9 Å². The zero-order valence-corrected chi connectivity index (χ0v) is 12.5. The van der Waals surface area contributed by atoms with Crippen LogP contribution in [0.2, 0.25) is 0 Å². The Bertz CT molecular complexity index is 579. The molecule has 0 unspecified atom stereocenters. The number of halogens is 3. The number of allylic oxidation sites excluding steroid dienone is 1. The summed E-state index contributed by atoms with van der Waals surface area (Å²) in [7, 11) is 0. The Morgan fingerprint density at radius 1 is 1.32 bits per heavy atom. The maximum Gasteiger partial charge on any atom is 0.446 e. The van der Waals surface area contributed by atoms with Crippen LogP contribution in [0.25, 0.3) is 0 Å². The number of aliphatic hydroxyl groups excluding tert-OH is 1. The van der Waals surface area contributed by atoms with Gasteiger partial charge < -0.3 is 9.84 Å². The lowest BCUT2D eigenvalue weighted by Gasteiger charge is -2.05. The third-order valence-electron chi connectivity index (χ3n) is 2.15. The molecule has 0 bridgehead atoms. The SMILES string of the molecule is CCOC(=O)C(N=Nc1ccc(SC(F)(F)F)cc1)=C(C)O. The molecular formula is C13H13F3N2O3S. The van der Waals surface area contributed by atoms with Gasteiger partial charge in [-0.3, -0.25) is 0 Å². The first kappa shape index (κ1) is 18.0. The smallest absolute Gasteiger partial charge is 0.446 e. The molecule has 1 aromatic rings. The molecule has 0 saturated heterocycles. The number of hydrogen-bond acceptors (Lipinski definition) is 6. The van der Waals surface area contributed by atoms with Crippen molar-refractivity contribution in [2.75, 3.05) is 6.61 Å². The summed E-state index contributed by atoms with van der Waals surface area (Å²) in [4.78, 5) is 11.5. The molecule has 0 atom stereocenters. The van der Waals surface area contributed by atoms with E-state index in [1.54, 1.807) is 6.92 Å². The summed E-state index contributed by atoms with van der Waals surface area (Å²) in [5, 5.41) is 16.6. The van der Waals surface area contributed by atoms with E-state index in [1.165, 1.54) is 31.2 Å². The Morgan fingerprint density at radius 3 is 2.36 bits per heavy atom. The Labute approximate surface area is 128 Å². The number of esters is 1. The highest BCUT2D eigenvalue weighted by molar-refractivity contribution is 8.00. The van der Waals surface area contributed by atoms with E-state index >= 15 is 0 Å². The normalized spacial score (nSPS) is 13.1. The minimum atomic E-state index is -4.36. The number of azo groups is 1. The first-order chi connectivity index (χ1) is 10.2. The summed E-state index contributed by atoms with van der Waals surface area (Å²) >= 11 is -0.245. The summed E-state index contributed by atoms with van der Waals surface area (Å²) < 4.78 is 41.2. The second-order valence-corrected chi connectivity index (χ2v) is 5.03. The molecule has 0 heterocycles. The van der Waals surface area contributed by atoms with E-state index in [9.17, 15) is 23.1 Å². The van der Waals surface area contributed by atoms with Crippen molar-refractivity contribution >= 4 is 23.4 Å². The third kappa shape index (κ3) is 6.17. The van der Waals surface area contributed by atoms with Crippen LogP contribution in [0.5, 0.6) is 0 Å². The van der Waals surface area contributed by atoms with Crippen molar-refractivity contribution in [1.29, 1.82) is 0 Å². The predicted molar refractivity (Wildman–Crippen MR) is 74.8 cm³/mol. The number of carbonyl (C=O) groups is 1. The fourth-order valence-corrected chi connectivity index (χ4v) is 1.82. The standard InChI is InChI=1S/C13H13F3N2O3S/c1-3-21-12(20)11(8(2)19)18-17-9-4-6-10(7-5-9)22-13(14,15)16/h4-7,19H,3H2,1-2H3. The Morgan fingerprint density at radius 2 is 1.91 bits per heavy atom. The van der Waals surface area contributed by atoms with Gasteiger partial charge in [-0.2, -0.15) is 18.3 Å². The van der Waals surface area contributed by atoms with Crippen LogP contribution in [0.3, 0.4) is 0 Å². The number of thioether (sulfide) groups is 1. The Kier molecular flexibility index (Phi) is 6.41. The van der Waals surface area contributed by atoms with Crippen LogP contribution in [0.15, 0.2) is 50.8 Å². The molecule has 120 valence electrons. The van der Waals surface area contributed by atoms with Crippen LogP contribution >= 0.6 is 11.8 Å². The van der Waals surface area contributed by atoms with Gasteiger partial charge in [-0.15, -0.1) is 5.11 Å². The molecule has 1 aromatic carbocycles. The van der Waals surface area contributed by atoms with Crippen LogP contribution in [0.4, 0.5) is 18.9 Å². The van der Waals surface area contributed by atoms with Crippen LogP contribution in [-0.4, -0.2) is 23.2 Å². The molecule has 0 aromatic heterocycles. The maximum atomic E-state index is 12.2. The number of rotatable bonds is 5. The van der Waals surface area contributed by atoms with Crippen molar-refractivity contribution in [3.63, 3.8) is 0 Å². The molecule has 5 nitrogen and oxygen atoms in total. The summed E-state index contributed by atoms with van der Waals surface area (Å²) in [6.07, 6.45) is 0. The molecule has 0 spiro atoms. The zero-order chi connectivity index (χ0) is 16.8. The molecule has 0 aliphatic rings. The van der Waals surface area contributed by atoms with Gasteiger partial charge in [0.25, 0.3) is 0 Å². The van der Waals surface area contributed by atoms with Crippen molar-refractivity contribution in [2.24, 2.45) is 10.2 Å². The average molecular weight is 334 g/mol. The second kappa shape index (κ2) is 7.83. The molecule has 0 aliphatic carbocycles. The number of aliphatic hydroxyl groups is 1. The van der Waals surface area contributed by atoms with Crippen molar-refractivity contribution in [3.8, 4) is 0 Å². The Balaban J connectivity index is 2.85. The largest absolute Gasteiger partial charge is 0.510 e. The number of carbonyl (C=O) groups excluding carboxylic acids is 1. The van der Waals surface area contributed by atoms with E-state index in [4.69, 9.17) is 0 Å². The first-order valence-electron chi connectivity index (χ1n) is 6.07. The molecule has 0 aliphatic heterocycles. The van der Waals surface area contributed by atoms with E-state index in [0.29, 0.717) is 0 Å². The quantitative estimate of drug-likeness (QED) is 0.278. The highest BCUT2D eigenvalue weighted by Gasteiger charge is 2.28. The highest BCUT2D eigenvalue weighted by Crippen LogP contribution is 2.37. The molecule has 0 fully saturated rings. The number of ether oxygens (including phenoxy) is 1. The fraction of sp³-hybridized carbons (Fsp3) is 0.308. The van der Waals surface area contributed by atoms with Crippen LogP contribution in [-0.2, 0) is 9.53 Å². The topological polar surface area (TPSA) is 71.2 Å². The molecule has 22 heavy (non-hydrogen) atoms. The lowest BCUT2D eigenvalue weighted by molar-refractivity contribution is -0.138. The van der Waals surface area contributed by atoms with Crippen LogP contribution in [0.1, 0.15) is 13.8 Å². The molecule has 0 amide bonds. The summed E-state index contributed by atoms with van der Waals surface area (Å²) in [5.41, 5.74) is -4.50. The van der Waals surface area contributed by atoms with E-state index in [1.807, 2.05) is 0 Å². The van der Waals surface area contributed by atoms with E-state index in [0.717, 1.165) is 0 Å². The molecule has 0 saturated carbocycles. The molecular weight excluding hydrogens is 321 g/mol. The zero-order valence-electron chi connectivity index (χ0n) is 11.7. The van der Waals surface area contributed by atoms with Gasteiger partial charge in [-0.1, -0.05) is 0 Å². The lowest BCUT2D eigenvalue weighted by atomic mass is 10.3. The van der Waals surface area contributed by atoms with Crippen LogP contribution in [0, 0.1) is 0 Å². The van der Waals surface area contributed by atoms with E-state index < -0.39 is 11.5 Å². The third-order valence-corrected chi connectivity index (χ3v) is 2.89. The molecule has 1 N–H and O–H groups in total. The van der Waals surface area contributed by atoms with Gasteiger partial charge in [0.05, 0.1) is 12.3 Å².